The zero-order valence-corrected chi connectivity index (χ0v) is 11.4. The average molecular weight is 271 g/mol. The van der Waals surface area contributed by atoms with E-state index in [2.05, 4.69) is 22.7 Å². The molecule has 0 saturated heterocycles. The lowest BCUT2D eigenvalue weighted by Gasteiger charge is -2.35. The number of rotatable bonds is 1. The number of carbonyl (C=O) groups excluding carboxylic acids is 2. The number of benzene rings is 1. The Hall–Kier alpha value is -2.17. The molecule has 3 rings (SSSR count). The normalized spacial score (nSPS) is 21.9. The predicted octanol–water partition coefficient (Wildman–Crippen LogP) is 1.40. The summed E-state index contributed by atoms with van der Waals surface area (Å²) in [6.45, 7) is 2.74. The van der Waals surface area contributed by atoms with Crippen LogP contribution in [-0.4, -0.2) is 29.0 Å². The number of nitrogens with one attached hydrogen (secondary N) is 1. The Morgan fingerprint density at radius 1 is 1.30 bits per heavy atom. The Morgan fingerprint density at radius 3 is 2.85 bits per heavy atom. The van der Waals surface area contributed by atoms with Gasteiger partial charge in [0.2, 0.25) is 5.91 Å². The summed E-state index contributed by atoms with van der Waals surface area (Å²) < 4.78 is 0. The molecule has 0 bridgehead atoms. The van der Waals surface area contributed by atoms with Gasteiger partial charge in [0.25, 0.3) is 5.91 Å². The van der Waals surface area contributed by atoms with E-state index in [1.54, 1.807) is 0 Å². The van der Waals surface area contributed by atoms with Crippen molar-refractivity contribution in [2.75, 3.05) is 6.54 Å². The Kier molecular flexibility index (Phi) is 3.26. The van der Waals surface area contributed by atoms with Gasteiger partial charge in [-0.15, -0.1) is 0 Å². The van der Waals surface area contributed by atoms with Crippen molar-refractivity contribution in [3.05, 3.63) is 35.4 Å². The summed E-state index contributed by atoms with van der Waals surface area (Å²) in [7, 11) is 0. The van der Waals surface area contributed by atoms with Gasteiger partial charge in [-0.3, -0.25) is 9.59 Å². The molecule has 0 fully saturated rings. The first-order valence-electron chi connectivity index (χ1n) is 6.91. The average Bonchev–Trinajstić information content (AvgIpc) is 2.48. The molecule has 1 unspecified atom stereocenters. The molecule has 1 atom stereocenters. The van der Waals surface area contributed by atoms with E-state index in [0.29, 0.717) is 25.1 Å². The number of hydrogen-bond donors (Lipinski definition) is 1. The molecular formula is C15H17N3O2. The second kappa shape index (κ2) is 5.07. The Labute approximate surface area is 117 Å². The van der Waals surface area contributed by atoms with Crippen molar-refractivity contribution >= 4 is 17.5 Å². The van der Waals surface area contributed by atoms with Crippen LogP contribution in [0.2, 0.25) is 0 Å². The van der Waals surface area contributed by atoms with Gasteiger partial charge in [0.05, 0.1) is 6.04 Å². The third-order valence-electron chi connectivity index (χ3n) is 4.01. The SMILES string of the molecule is CC1c2ccccc2CCN1C(=O)C1=NNC(=O)CC1. The van der Waals surface area contributed by atoms with Gasteiger partial charge in [-0.05, 0) is 24.5 Å². The number of nitrogens with zero attached hydrogens (tertiary/aromatic N) is 2. The smallest absolute Gasteiger partial charge is 0.270 e. The molecular weight excluding hydrogens is 254 g/mol. The van der Waals surface area contributed by atoms with Crippen LogP contribution in [0.4, 0.5) is 0 Å². The summed E-state index contributed by atoms with van der Waals surface area (Å²) >= 11 is 0. The van der Waals surface area contributed by atoms with Crippen LogP contribution in [0.1, 0.15) is 36.9 Å². The molecule has 0 aliphatic carbocycles. The molecule has 5 nitrogen and oxygen atoms in total. The molecule has 0 saturated carbocycles. The van der Waals surface area contributed by atoms with Crippen molar-refractivity contribution in [3.63, 3.8) is 0 Å². The Balaban J connectivity index is 1.82. The molecule has 0 spiro atoms. The molecule has 1 aromatic carbocycles. The highest BCUT2D eigenvalue weighted by Crippen LogP contribution is 2.29. The van der Waals surface area contributed by atoms with Crippen LogP contribution in [0, 0.1) is 0 Å². The second-order valence-electron chi connectivity index (χ2n) is 5.22. The first-order valence-corrected chi connectivity index (χ1v) is 6.91. The van der Waals surface area contributed by atoms with Crippen molar-refractivity contribution < 1.29 is 9.59 Å². The van der Waals surface area contributed by atoms with Crippen molar-refractivity contribution in [1.29, 1.82) is 0 Å². The molecule has 5 heteroatoms. The summed E-state index contributed by atoms with van der Waals surface area (Å²) in [4.78, 5) is 25.5. The van der Waals surface area contributed by atoms with Crippen molar-refractivity contribution in [2.24, 2.45) is 5.10 Å². The molecule has 2 aliphatic rings. The maximum Gasteiger partial charge on any atom is 0.270 e. The lowest BCUT2D eigenvalue weighted by molar-refractivity contribution is -0.126. The van der Waals surface area contributed by atoms with Gasteiger partial charge in [-0.2, -0.15) is 5.10 Å². The third-order valence-corrected chi connectivity index (χ3v) is 4.01. The number of amides is 2. The zero-order valence-electron chi connectivity index (χ0n) is 11.4. The fourth-order valence-corrected chi connectivity index (χ4v) is 2.84. The standard InChI is InChI=1S/C15H17N3O2/c1-10-12-5-3-2-4-11(12)8-9-18(10)15(20)13-6-7-14(19)17-16-13/h2-5,10H,6-9H2,1H3,(H,17,19). The largest absolute Gasteiger partial charge is 0.330 e. The number of carbonyl (C=O) groups is 2. The van der Waals surface area contributed by atoms with Gasteiger partial charge >= 0.3 is 0 Å². The monoisotopic (exact) mass is 271 g/mol. The van der Waals surface area contributed by atoms with E-state index in [4.69, 9.17) is 0 Å². The van der Waals surface area contributed by atoms with Crippen LogP contribution in [0.5, 0.6) is 0 Å². The second-order valence-corrected chi connectivity index (χ2v) is 5.22. The summed E-state index contributed by atoms with van der Waals surface area (Å²) in [5, 5.41) is 3.90. The summed E-state index contributed by atoms with van der Waals surface area (Å²) in [5.74, 6) is -0.189. The molecule has 104 valence electrons. The molecule has 1 aromatic rings. The fourth-order valence-electron chi connectivity index (χ4n) is 2.84. The number of fused-ring (bicyclic) bond motifs is 1. The topological polar surface area (TPSA) is 61.8 Å². The minimum Gasteiger partial charge on any atom is -0.330 e. The van der Waals surface area contributed by atoms with Gasteiger partial charge in [0, 0.05) is 19.4 Å². The van der Waals surface area contributed by atoms with E-state index in [9.17, 15) is 9.59 Å². The predicted molar refractivity (Wildman–Crippen MR) is 75.1 cm³/mol. The van der Waals surface area contributed by atoms with E-state index in [0.717, 1.165) is 6.42 Å². The zero-order chi connectivity index (χ0) is 14.1. The molecule has 2 aliphatic heterocycles. The minimum atomic E-state index is -0.126. The lowest BCUT2D eigenvalue weighted by Crippen LogP contribution is -2.44. The maximum atomic E-state index is 12.5. The van der Waals surface area contributed by atoms with Gasteiger partial charge in [-0.1, -0.05) is 24.3 Å². The van der Waals surface area contributed by atoms with Gasteiger partial charge in [0.1, 0.15) is 5.71 Å². The van der Waals surface area contributed by atoms with Crippen LogP contribution >= 0.6 is 0 Å². The van der Waals surface area contributed by atoms with E-state index >= 15 is 0 Å². The van der Waals surface area contributed by atoms with Crippen LogP contribution in [0.25, 0.3) is 0 Å². The van der Waals surface area contributed by atoms with Crippen molar-refractivity contribution in [1.82, 2.24) is 10.3 Å². The van der Waals surface area contributed by atoms with E-state index in [-0.39, 0.29) is 17.9 Å². The lowest BCUT2D eigenvalue weighted by atomic mass is 9.93. The van der Waals surface area contributed by atoms with Gasteiger partial charge in [0.15, 0.2) is 0 Å². The summed E-state index contributed by atoms with van der Waals surface area (Å²) in [6.07, 6.45) is 1.63. The Morgan fingerprint density at radius 2 is 2.10 bits per heavy atom. The minimum absolute atomic E-state index is 0.0489. The first-order chi connectivity index (χ1) is 9.66. The van der Waals surface area contributed by atoms with Crippen LogP contribution < -0.4 is 5.43 Å². The third kappa shape index (κ3) is 2.19. The molecule has 0 radical (unpaired) electrons. The van der Waals surface area contributed by atoms with Crippen LogP contribution in [0.3, 0.4) is 0 Å². The highest BCUT2D eigenvalue weighted by atomic mass is 16.2. The molecule has 1 N–H and O–H groups in total. The van der Waals surface area contributed by atoms with Gasteiger partial charge in [-0.25, -0.2) is 5.43 Å². The maximum absolute atomic E-state index is 12.5. The van der Waals surface area contributed by atoms with Gasteiger partial charge < -0.3 is 4.90 Å². The van der Waals surface area contributed by atoms with E-state index < -0.39 is 0 Å². The first kappa shape index (κ1) is 12.8. The number of hydrogen-bond acceptors (Lipinski definition) is 3. The summed E-state index contributed by atoms with van der Waals surface area (Å²) in [6, 6.07) is 8.27. The molecule has 0 aromatic heterocycles. The van der Waals surface area contributed by atoms with Crippen LogP contribution in [-0.2, 0) is 16.0 Å². The van der Waals surface area contributed by atoms with Crippen molar-refractivity contribution in [2.45, 2.75) is 32.2 Å². The summed E-state index contributed by atoms with van der Waals surface area (Å²) in [5.41, 5.74) is 5.35. The fraction of sp³-hybridized carbons (Fsp3) is 0.400. The molecule has 2 heterocycles. The number of hydrazone groups is 1. The van der Waals surface area contributed by atoms with E-state index in [1.807, 2.05) is 24.0 Å². The molecule has 2 amide bonds. The van der Waals surface area contributed by atoms with Crippen molar-refractivity contribution in [3.8, 4) is 0 Å². The van der Waals surface area contributed by atoms with E-state index in [1.165, 1.54) is 11.1 Å². The molecule has 20 heavy (non-hydrogen) atoms. The highest BCUT2D eigenvalue weighted by molar-refractivity contribution is 6.39. The Bertz CT molecular complexity index is 595. The van der Waals surface area contributed by atoms with Crippen LogP contribution in [0.15, 0.2) is 29.4 Å². The quantitative estimate of drug-likeness (QED) is 0.839. The highest BCUT2D eigenvalue weighted by Gasteiger charge is 2.30.